The molecule has 1 saturated heterocycles. The summed E-state index contributed by atoms with van der Waals surface area (Å²) in [4.78, 5) is 34.5. The number of urea groups is 1. The van der Waals surface area contributed by atoms with Crippen LogP contribution >= 0.6 is 11.3 Å². The molecule has 1 aliphatic heterocycles. The fraction of sp³-hybridized carbons (Fsp3) is 0.421. The van der Waals surface area contributed by atoms with Crippen molar-refractivity contribution < 1.29 is 14.3 Å². The zero-order valence-electron chi connectivity index (χ0n) is 16.8. The molecule has 2 aromatic rings. The number of nitrogens with zero attached hydrogens (tertiary/aromatic N) is 4. The number of anilines is 2. The molecule has 1 aromatic carbocycles. The molecule has 0 bridgehead atoms. The van der Waals surface area contributed by atoms with Crippen molar-refractivity contribution in [2.45, 2.75) is 6.54 Å². The number of carbonyl (C=O) groups is 2. The van der Waals surface area contributed by atoms with Crippen molar-refractivity contribution in [1.29, 1.82) is 0 Å². The molecular weight excluding hydrogens is 392 g/mol. The van der Waals surface area contributed by atoms with E-state index in [1.165, 1.54) is 16.2 Å². The molecule has 0 unspecified atom stereocenters. The van der Waals surface area contributed by atoms with Gasteiger partial charge in [-0.25, -0.2) is 15.2 Å². The van der Waals surface area contributed by atoms with Gasteiger partial charge in [0.05, 0.1) is 13.2 Å². The molecule has 10 heteroatoms. The van der Waals surface area contributed by atoms with Crippen LogP contribution < -0.4 is 20.7 Å². The van der Waals surface area contributed by atoms with Crippen LogP contribution in [-0.4, -0.2) is 69.3 Å². The van der Waals surface area contributed by atoms with Gasteiger partial charge in [0.15, 0.2) is 5.13 Å². The number of amides is 3. The van der Waals surface area contributed by atoms with E-state index >= 15 is 0 Å². The number of hydrogen-bond acceptors (Lipinski definition) is 7. The van der Waals surface area contributed by atoms with Crippen molar-refractivity contribution in [3.8, 4) is 0 Å². The van der Waals surface area contributed by atoms with E-state index in [0.29, 0.717) is 19.8 Å². The van der Waals surface area contributed by atoms with Crippen LogP contribution in [0, 0.1) is 0 Å². The summed E-state index contributed by atoms with van der Waals surface area (Å²) in [6.45, 7) is 3.24. The molecule has 0 aliphatic carbocycles. The van der Waals surface area contributed by atoms with Crippen molar-refractivity contribution in [3.05, 3.63) is 40.9 Å². The van der Waals surface area contributed by atoms with Gasteiger partial charge in [-0.2, -0.15) is 0 Å². The summed E-state index contributed by atoms with van der Waals surface area (Å²) in [5.41, 5.74) is 7.21. The van der Waals surface area contributed by atoms with Gasteiger partial charge in [0.1, 0.15) is 5.69 Å². The van der Waals surface area contributed by atoms with Gasteiger partial charge in [0.2, 0.25) is 0 Å². The Morgan fingerprint density at radius 2 is 1.83 bits per heavy atom. The Bertz CT molecular complexity index is 833. The number of ether oxygens (including phenoxy) is 1. The first-order valence-corrected chi connectivity index (χ1v) is 10.2. The quantitative estimate of drug-likeness (QED) is 0.716. The predicted octanol–water partition coefficient (Wildman–Crippen LogP) is 1.53. The third-order valence-electron chi connectivity index (χ3n) is 4.51. The summed E-state index contributed by atoms with van der Waals surface area (Å²) in [6, 6.07) is 7.54. The summed E-state index contributed by atoms with van der Waals surface area (Å²) in [5, 5.41) is 2.46. The highest BCUT2D eigenvalue weighted by Crippen LogP contribution is 2.21. The summed E-state index contributed by atoms with van der Waals surface area (Å²) in [6.07, 6.45) is 0. The lowest BCUT2D eigenvalue weighted by molar-refractivity contribution is 0.0927. The lowest BCUT2D eigenvalue weighted by Crippen LogP contribution is -2.47. The molecular formula is C19H26N6O3S. The Hall–Kier alpha value is -2.85. The average Bonchev–Trinajstić information content (AvgIpc) is 3.23. The van der Waals surface area contributed by atoms with Gasteiger partial charge < -0.3 is 19.4 Å². The van der Waals surface area contributed by atoms with E-state index in [0.717, 1.165) is 29.5 Å². The van der Waals surface area contributed by atoms with Gasteiger partial charge in [-0.05, 0) is 17.7 Å². The molecule has 3 amide bonds. The second-order valence-electron chi connectivity index (χ2n) is 6.92. The molecule has 29 heavy (non-hydrogen) atoms. The maximum atomic E-state index is 12.3. The van der Waals surface area contributed by atoms with Crippen molar-refractivity contribution in [2.75, 3.05) is 57.2 Å². The highest BCUT2D eigenvalue weighted by atomic mass is 32.1. The van der Waals surface area contributed by atoms with Crippen molar-refractivity contribution >= 4 is 34.1 Å². The van der Waals surface area contributed by atoms with E-state index in [2.05, 4.69) is 20.7 Å². The highest BCUT2D eigenvalue weighted by molar-refractivity contribution is 7.13. The first-order valence-electron chi connectivity index (χ1n) is 9.30. The number of hydrazine groups is 1. The van der Waals surface area contributed by atoms with E-state index in [1.54, 1.807) is 12.4 Å². The largest absolute Gasteiger partial charge is 0.378 e. The fourth-order valence-electron chi connectivity index (χ4n) is 2.78. The molecule has 2 N–H and O–H groups in total. The molecule has 2 heterocycles. The van der Waals surface area contributed by atoms with E-state index < -0.39 is 11.9 Å². The van der Waals surface area contributed by atoms with Gasteiger partial charge in [-0.15, -0.1) is 11.3 Å². The van der Waals surface area contributed by atoms with Crippen LogP contribution in [0.2, 0.25) is 0 Å². The highest BCUT2D eigenvalue weighted by Gasteiger charge is 2.18. The number of rotatable bonds is 5. The standard InChI is InChI=1S/C19H26N6O3S/c1-23(2)15-6-4-14(5-7-15)12-24(3)18(27)22-21-17(26)16-13-29-19(20-16)25-8-10-28-11-9-25/h4-7,13H,8-12H2,1-3H3,(H,21,26)(H,22,27). The Labute approximate surface area is 174 Å². The van der Waals surface area contributed by atoms with Crippen LogP contribution in [0.25, 0.3) is 0 Å². The molecule has 9 nitrogen and oxygen atoms in total. The summed E-state index contributed by atoms with van der Waals surface area (Å²) in [7, 11) is 5.62. The molecule has 0 spiro atoms. The lowest BCUT2D eigenvalue weighted by Gasteiger charge is -2.25. The second kappa shape index (κ2) is 9.57. The minimum absolute atomic E-state index is 0.277. The monoisotopic (exact) mass is 418 g/mol. The van der Waals surface area contributed by atoms with E-state index in [4.69, 9.17) is 4.74 Å². The predicted molar refractivity (Wildman–Crippen MR) is 113 cm³/mol. The molecule has 156 valence electrons. The number of benzene rings is 1. The Morgan fingerprint density at radius 1 is 1.14 bits per heavy atom. The van der Waals surface area contributed by atoms with E-state index in [1.807, 2.05) is 43.3 Å². The average molecular weight is 419 g/mol. The summed E-state index contributed by atoms with van der Waals surface area (Å²) < 4.78 is 5.32. The lowest BCUT2D eigenvalue weighted by atomic mass is 10.2. The smallest absolute Gasteiger partial charge is 0.336 e. The Morgan fingerprint density at radius 3 is 2.48 bits per heavy atom. The number of morpholine rings is 1. The van der Waals surface area contributed by atoms with Crippen LogP contribution in [0.15, 0.2) is 29.6 Å². The van der Waals surface area contributed by atoms with Crippen LogP contribution in [-0.2, 0) is 11.3 Å². The zero-order chi connectivity index (χ0) is 20.8. The fourth-order valence-corrected chi connectivity index (χ4v) is 3.64. The number of aromatic nitrogens is 1. The maximum absolute atomic E-state index is 12.3. The third kappa shape index (κ3) is 5.58. The number of nitrogens with one attached hydrogen (secondary N) is 2. The Balaban J connectivity index is 1.48. The minimum Gasteiger partial charge on any atom is -0.378 e. The first-order chi connectivity index (χ1) is 13.9. The van der Waals surface area contributed by atoms with Crippen LogP contribution in [0.4, 0.5) is 15.6 Å². The minimum atomic E-state index is -0.446. The maximum Gasteiger partial charge on any atom is 0.336 e. The number of carbonyl (C=O) groups excluding carboxylic acids is 2. The molecule has 1 aliphatic rings. The first kappa shape index (κ1) is 20.9. The normalized spacial score (nSPS) is 13.7. The van der Waals surface area contributed by atoms with Gasteiger partial charge in [-0.1, -0.05) is 12.1 Å². The van der Waals surface area contributed by atoms with E-state index in [9.17, 15) is 9.59 Å². The molecule has 3 rings (SSSR count). The molecule has 0 atom stereocenters. The SMILES string of the molecule is CN(Cc1ccc(N(C)C)cc1)C(=O)NNC(=O)c1csc(N2CCOCC2)n1. The summed E-state index contributed by atoms with van der Waals surface area (Å²) in [5.74, 6) is -0.446. The van der Waals surface area contributed by atoms with Crippen molar-refractivity contribution in [3.63, 3.8) is 0 Å². The topological polar surface area (TPSA) is 90.0 Å². The van der Waals surface area contributed by atoms with Crippen molar-refractivity contribution in [1.82, 2.24) is 20.7 Å². The Kier molecular flexibility index (Phi) is 6.89. The zero-order valence-corrected chi connectivity index (χ0v) is 17.7. The van der Waals surface area contributed by atoms with Gasteiger partial charge in [-0.3, -0.25) is 10.2 Å². The molecule has 0 saturated carbocycles. The van der Waals surface area contributed by atoms with Crippen molar-refractivity contribution in [2.24, 2.45) is 0 Å². The van der Waals surface area contributed by atoms with Gasteiger partial charge in [0, 0.05) is 51.8 Å². The van der Waals surface area contributed by atoms with Gasteiger partial charge >= 0.3 is 6.03 Å². The van der Waals surface area contributed by atoms with Crippen LogP contribution in [0.3, 0.4) is 0 Å². The number of thiazole rings is 1. The van der Waals surface area contributed by atoms with Gasteiger partial charge in [0.25, 0.3) is 5.91 Å². The summed E-state index contributed by atoms with van der Waals surface area (Å²) >= 11 is 1.40. The molecule has 1 fully saturated rings. The number of hydrogen-bond donors (Lipinski definition) is 2. The van der Waals surface area contributed by atoms with E-state index in [-0.39, 0.29) is 5.69 Å². The van der Waals surface area contributed by atoms with Crippen LogP contribution in [0.5, 0.6) is 0 Å². The van der Waals surface area contributed by atoms with Crippen LogP contribution in [0.1, 0.15) is 16.1 Å². The second-order valence-corrected chi connectivity index (χ2v) is 7.75. The molecule has 1 aromatic heterocycles. The molecule has 0 radical (unpaired) electrons. The third-order valence-corrected chi connectivity index (χ3v) is 5.41.